The van der Waals surface area contributed by atoms with Crippen LogP contribution in [0.15, 0.2) is 36.9 Å². The number of carbonyl (C=O) groups is 1. The molecular formula is C18H21N5O. The number of piperidine rings is 1. The van der Waals surface area contributed by atoms with Crippen LogP contribution in [0.1, 0.15) is 47.7 Å². The first-order chi connectivity index (χ1) is 11.8. The van der Waals surface area contributed by atoms with Crippen LogP contribution < -0.4 is 10.2 Å². The van der Waals surface area contributed by atoms with Crippen molar-refractivity contribution in [3.05, 3.63) is 48.2 Å². The summed E-state index contributed by atoms with van der Waals surface area (Å²) in [5.41, 5.74) is 1.84. The maximum Gasteiger partial charge on any atom is 0.251 e. The van der Waals surface area contributed by atoms with Crippen molar-refractivity contribution < 1.29 is 4.79 Å². The zero-order chi connectivity index (χ0) is 16.4. The van der Waals surface area contributed by atoms with Crippen molar-refractivity contribution in [1.29, 1.82) is 0 Å². The Morgan fingerprint density at radius 1 is 1.08 bits per heavy atom. The molecule has 1 amide bonds. The molecule has 124 valence electrons. The summed E-state index contributed by atoms with van der Waals surface area (Å²) >= 11 is 0. The highest BCUT2D eigenvalue weighted by atomic mass is 16.1. The van der Waals surface area contributed by atoms with E-state index in [4.69, 9.17) is 0 Å². The van der Waals surface area contributed by atoms with Crippen molar-refractivity contribution in [3.8, 4) is 0 Å². The molecule has 2 aromatic heterocycles. The van der Waals surface area contributed by atoms with Crippen molar-refractivity contribution in [2.75, 3.05) is 18.0 Å². The van der Waals surface area contributed by atoms with E-state index < -0.39 is 0 Å². The molecule has 1 aliphatic heterocycles. The summed E-state index contributed by atoms with van der Waals surface area (Å²) in [4.78, 5) is 27.3. The van der Waals surface area contributed by atoms with Crippen LogP contribution in [-0.2, 0) is 0 Å². The summed E-state index contributed by atoms with van der Waals surface area (Å²) in [6.45, 7) is 1.81. The minimum absolute atomic E-state index is 0.0195. The lowest BCUT2D eigenvalue weighted by Crippen LogP contribution is -2.45. The summed E-state index contributed by atoms with van der Waals surface area (Å²) in [7, 11) is 0. The number of hydrogen-bond acceptors (Lipinski definition) is 5. The van der Waals surface area contributed by atoms with Gasteiger partial charge < -0.3 is 10.2 Å². The van der Waals surface area contributed by atoms with E-state index in [-0.39, 0.29) is 11.9 Å². The summed E-state index contributed by atoms with van der Waals surface area (Å²) in [6.07, 6.45) is 9.33. The number of carbonyl (C=O) groups excluding carboxylic acids is 1. The second-order valence-electron chi connectivity index (χ2n) is 6.55. The second kappa shape index (κ2) is 6.55. The normalized spacial score (nSPS) is 18.4. The molecule has 2 fully saturated rings. The molecule has 0 unspecified atom stereocenters. The fourth-order valence-electron chi connectivity index (χ4n) is 3.16. The number of anilines is 1. The van der Waals surface area contributed by atoms with Gasteiger partial charge in [0.1, 0.15) is 12.1 Å². The van der Waals surface area contributed by atoms with Crippen molar-refractivity contribution in [2.45, 2.75) is 37.6 Å². The Morgan fingerprint density at radius 2 is 1.83 bits per heavy atom. The fraction of sp³-hybridized carbons (Fsp3) is 0.444. The molecule has 2 aliphatic rings. The molecule has 2 aromatic rings. The monoisotopic (exact) mass is 323 g/mol. The highest BCUT2D eigenvalue weighted by Gasteiger charge is 2.27. The maximum atomic E-state index is 12.2. The Labute approximate surface area is 141 Å². The van der Waals surface area contributed by atoms with Gasteiger partial charge >= 0.3 is 0 Å². The lowest BCUT2D eigenvalue weighted by Gasteiger charge is -2.33. The number of amides is 1. The number of pyridine rings is 1. The van der Waals surface area contributed by atoms with E-state index in [1.165, 1.54) is 18.5 Å². The van der Waals surface area contributed by atoms with Crippen LogP contribution in [0.5, 0.6) is 0 Å². The molecule has 1 saturated carbocycles. The molecule has 6 nitrogen and oxygen atoms in total. The predicted octanol–water partition coefficient (Wildman–Crippen LogP) is 2.15. The first-order valence-corrected chi connectivity index (χ1v) is 8.57. The van der Waals surface area contributed by atoms with Crippen LogP contribution in [0.4, 0.5) is 5.82 Å². The lowest BCUT2D eigenvalue weighted by molar-refractivity contribution is 0.0931. The van der Waals surface area contributed by atoms with E-state index >= 15 is 0 Å². The summed E-state index contributed by atoms with van der Waals surface area (Å²) in [6, 6.07) is 5.83. The van der Waals surface area contributed by atoms with Crippen molar-refractivity contribution in [1.82, 2.24) is 20.3 Å². The van der Waals surface area contributed by atoms with Gasteiger partial charge in [-0.05, 0) is 37.8 Å². The first kappa shape index (κ1) is 15.1. The van der Waals surface area contributed by atoms with Gasteiger partial charge in [-0.3, -0.25) is 9.78 Å². The molecule has 1 N–H and O–H groups in total. The molecule has 0 aromatic carbocycles. The van der Waals surface area contributed by atoms with Gasteiger partial charge in [0.05, 0.1) is 0 Å². The van der Waals surface area contributed by atoms with Crippen molar-refractivity contribution in [2.24, 2.45) is 0 Å². The minimum Gasteiger partial charge on any atom is -0.356 e. The molecule has 0 radical (unpaired) electrons. The lowest BCUT2D eigenvalue weighted by atomic mass is 10.0. The van der Waals surface area contributed by atoms with Crippen molar-refractivity contribution >= 4 is 11.7 Å². The molecule has 1 saturated heterocycles. The van der Waals surface area contributed by atoms with E-state index in [9.17, 15) is 4.79 Å². The molecule has 24 heavy (non-hydrogen) atoms. The Morgan fingerprint density at radius 3 is 2.54 bits per heavy atom. The Hall–Kier alpha value is -2.50. The van der Waals surface area contributed by atoms with E-state index in [0.29, 0.717) is 11.5 Å². The van der Waals surface area contributed by atoms with Crippen LogP contribution >= 0.6 is 0 Å². The number of hydrogen-bond donors (Lipinski definition) is 1. The minimum atomic E-state index is -0.0195. The Bertz CT molecular complexity index is 708. The average Bonchev–Trinajstić information content (AvgIpc) is 3.48. The molecule has 3 heterocycles. The molecular weight excluding hydrogens is 302 g/mol. The standard InChI is InChI=1S/C18H21N5O/c24-18(14-3-7-19-8-4-14)22-15-5-9-23(10-6-15)17-11-16(13-1-2-13)20-12-21-17/h3-4,7-8,11-13,15H,1-2,5-6,9-10H2,(H,22,24). The van der Waals surface area contributed by atoms with Gasteiger partial charge in [-0.25, -0.2) is 9.97 Å². The third kappa shape index (κ3) is 3.37. The molecule has 0 spiro atoms. The second-order valence-corrected chi connectivity index (χ2v) is 6.55. The zero-order valence-electron chi connectivity index (χ0n) is 13.6. The Balaban J connectivity index is 1.33. The molecule has 6 heteroatoms. The van der Waals surface area contributed by atoms with Crippen LogP contribution in [0.2, 0.25) is 0 Å². The SMILES string of the molecule is O=C(NC1CCN(c2cc(C3CC3)ncn2)CC1)c1ccncc1. The van der Waals surface area contributed by atoms with Crippen LogP contribution in [0.25, 0.3) is 0 Å². The maximum absolute atomic E-state index is 12.2. The van der Waals surface area contributed by atoms with Gasteiger partial charge in [-0.15, -0.1) is 0 Å². The quantitative estimate of drug-likeness (QED) is 0.933. The predicted molar refractivity (Wildman–Crippen MR) is 90.9 cm³/mol. The highest BCUT2D eigenvalue weighted by Crippen LogP contribution is 2.39. The summed E-state index contributed by atoms with van der Waals surface area (Å²) in [5.74, 6) is 1.64. The topological polar surface area (TPSA) is 71.0 Å². The largest absolute Gasteiger partial charge is 0.356 e. The van der Waals surface area contributed by atoms with Crippen LogP contribution in [-0.4, -0.2) is 40.0 Å². The average molecular weight is 323 g/mol. The fourth-order valence-corrected chi connectivity index (χ4v) is 3.16. The van der Waals surface area contributed by atoms with E-state index in [0.717, 1.165) is 31.7 Å². The third-order valence-corrected chi connectivity index (χ3v) is 4.77. The number of nitrogens with zero attached hydrogens (tertiary/aromatic N) is 4. The van der Waals surface area contributed by atoms with Gasteiger partial charge in [0.2, 0.25) is 0 Å². The highest BCUT2D eigenvalue weighted by molar-refractivity contribution is 5.94. The van der Waals surface area contributed by atoms with Crippen molar-refractivity contribution in [3.63, 3.8) is 0 Å². The molecule has 0 bridgehead atoms. The Kier molecular flexibility index (Phi) is 4.11. The summed E-state index contributed by atoms with van der Waals surface area (Å²) < 4.78 is 0. The van der Waals surface area contributed by atoms with Crippen LogP contribution in [0.3, 0.4) is 0 Å². The smallest absolute Gasteiger partial charge is 0.251 e. The van der Waals surface area contributed by atoms with E-state index in [1.54, 1.807) is 30.9 Å². The van der Waals surface area contributed by atoms with Gasteiger partial charge in [0.25, 0.3) is 5.91 Å². The number of rotatable bonds is 4. The summed E-state index contributed by atoms with van der Waals surface area (Å²) in [5, 5.41) is 3.12. The zero-order valence-corrected chi connectivity index (χ0v) is 13.6. The number of aromatic nitrogens is 3. The van der Waals surface area contributed by atoms with E-state index in [2.05, 4.69) is 31.2 Å². The first-order valence-electron chi connectivity index (χ1n) is 8.57. The molecule has 0 atom stereocenters. The van der Waals surface area contributed by atoms with Gasteiger partial charge in [0, 0.05) is 54.8 Å². The van der Waals surface area contributed by atoms with Crippen LogP contribution in [0, 0.1) is 0 Å². The molecule has 4 rings (SSSR count). The van der Waals surface area contributed by atoms with Gasteiger partial charge in [-0.1, -0.05) is 0 Å². The third-order valence-electron chi connectivity index (χ3n) is 4.77. The van der Waals surface area contributed by atoms with Gasteiger partial charge in [-0.2, -0.15) is 0 Å². The molecule has 1 aliphatic carbocycles. The van der Waals surface area contributed by atoms with Gasteiger partial charge in [0.15, 0.2) is 0 Å². The number of nitrogens with one attached hydrogen (secondary N) is 1. The van der Waals surface area contributed by atoms with E-state index in [1.807, 2.05) is 0 Å².